The van der Waals surface area contributed by atoms with Crippen LogP contribution in [0.1, 0.15) is 24.0 Å². The van der Waals surface area contributed by atoms with E-state index in [9.17, 15) is 9.18 Å². The number of hydrogen-bond donors (Lipinski definition) is 1. The fourth-order valence-electron chi connectivity index (χ4n) is 2.00. The minimum atomic E-state index is -1.06. The lowest BCUT2D eigenvalue weighted by Gasteiger charge is -2.22. The van der Waals surface area contributed by atoms with Gasteiger partial charge in [-0.15, -0.1) is 0 Å². The fraction of sp³-hybridized carbons (Fsp3) is 0.400. The molecule has 20 heavy (non-hydrogen) atoms. The first-order chi connectivity index (χ1) is 9.65. The molecule has 1 aliphatic rings. The van der Waals surface area contributed by atoms with Crippen molar-refractivity contribution in [3.8, 4) is 0 Å². The number of aliphatic carboxylic acids is 1. The minimum Gasteiger partial charge on any atom is -0.478 e. The fourth-order valence-corrected chi connectivity index (χ4v) is 2.00. The van der Waals surface area contributed by atoms with Crippen molar-refractivity contribution in [3.05, 3.63) is 41.2 Å². The molecule has 0 radical (unpaired) electrons. The second-order valence-electron chi connectivity index (χ2n) is 4.65. The van der Waals surface area contributed by atoms with Gasteiger partial charge in [0.05, 0.1) is 12.7 Å². The highest BCUT2D eigenvalue weighted by Crippen LogP contribution is 2.17. The Bertz CT molecular complexity index is 493. The van der Waals surface area contributed by atoms with Crippen molar-refractivity contribution in [1.29, 1.82) is 0 Å². The van der Waals surface area contributed by atoms with Crippen molar-refractivity contribution in [2.75, 3.05) is 13.2 Å². The van der Waals surface area contributed by atoms with E-state index in [4.69, 9.17) is 14.6 Å². The molecule has 1 heterocycles. The quantitative estimate of drug-likeness (QED) is 0.842. The standard InChI is InChI=1S/C15H17FO4/c16-14-9-11(2-4-15(17)18)1-3-12(14)10-20-13-5-7-19-8-6-13/h1-4,9,13H,5-8,10H2,(H,17,18). The molecule has 0 spiro atoms. The summed E-state index contributed by atoms with van der Waals surface area (Å²) in [5, 5.41) is 8.52. The van der Waals surface area contributed by atoms with Crippen molar-refractivity contribution < 1.29 is 23.8 Å². The number of carboxylic acids is 1. The van der Waals surface area contributed by atoms with Gasteiger partial charge in [0, 0.05) is 24.9 Å². The minimum absolute atomic E-state index is 0.120. The molecule has 1 fully saturated rings. The topological polar surface area (TPSA) is 55.8 Å². The number of benzene rings is 1. The highest BCUT2D eigenvalue weighted by atomic mass is 19.1. The Morgan fingerprint density at radius 2 is 2.20 bits per heavy atom. The van der Waals surface area contributed by atoms with Crippen LogP contribution in [-0.4, -0.2) is 30.4 Å². The van der Waals surface area contributed by atoms with Crippen LogP contribution in [0.15, 0.2) is 24.3 Å². The monoisotopic (exact) mass is 280 g/mol. The molecular weight excluding hydrogens is 263 g/mol. The number of carboxylic acid groups (broad SMARTS) is 1. The summed E-state index contributed by atoms with van der Waals surface area (Å²) >= 11 is 0. The van der Waals surface area contributed by atoms with Gasteiger partial charge in [-0.3, -0.25) is 0 Å². The van der Waals surface area contributed by atoms with E-state index in [2.05, 4.69) is 0 Å². The summed E-state index contributed by atoms with van der Waals surface area (Å²) in [5.74, 6) is -1.44. The van der Waals surface area contributed by atoms with E-state index in [-0.39, 0.29) is 18.5 Å². The van der Waals surface area contributed by atoms with Gasteiger partial charge in [0.2, 0.25) is 0 Å². The van der Waals surface area contributed by atoms with Crippen LogP contribution in [0.5, 0.6) is 0 Å². The Morgan fingerprint density at radius 3 is 2.85 bits per heavy atom. The molecule has 1 saturated heterocycles. The Morgan fingerprint density at radius 1 is 1.45 bits per heavy atom. The van der Waals surface area contributed by atoms with E-state index in [1.54, 1.807) is 12.1 Å². The van der Waals surface area contributed by atoms with Crippen LogP contribution in [0.3, 0.4) is 0 Å². The highest BCUT2D eigenvalue weighted by molar-refractivity contribution is 5.85. The van der Waals surface area contributed by atoms with Crippen molar-refractivity contribution in [3.63, 3.8) is 0 Å². The lowest BCUT2D eigenvalue weighted by atomic mass is 10.1. The highest BCUT2D eigenvalue weighted by Gasteiger charge is 2.14. The molecule has 108 valence electrons. The van der Waals surface area contributed by atoms with E-state index in [1.165, 1.54) is 12.1 Å². The van der Waals surface area contributed by atoms with Gasteiger partial charge in [-0.05, 0) is 30.5 Å². The molecular formula is C15H17FO4. The third-order valence-electron chi connectivity index (χ3n) is 3.14. The SMILES string of the molecule is O=C(O)C=Cc1ccc(COC2CCOCC2)c(F)c1. The molecule has 0 aliphatic carbocycles. The molecule has 0 saturated carbocycles. The third-order valence-corrected chi connectivity index (χ3v) is 3.14. The maximum absolute atomic E-state index is 13.8. The molecule has 2 rings (SSSR count). The summed E-state index contributed by atoms with van der Waals surface area (Å²) in [7, 11) is 0. The summed E-state index contributed by atoms with van der Waals surface area (Å²) in [6.07, 6.45) is 4.12. The van der Waals surface area contributed by atoms with Gasteiger partial charge in [0.1, 0.15) is 5.82 Å². The summed E-state index contributed by atoms with van der Waals surface area (Å²) in [6.45, 7) is 1.59. The smallest absolute Gasteiger partial charge is 0.328 e. The van der Waals surface area contributed by atoms with Crippen LogP contribution in [-0.2, 0) is 20.9 Å². The van der Waals surface area contributed by atoms with Crippen molar-refractivity contribution in [2.24, 2.45) is 0 Å². The molecule has 5 heteroatoms. The number of ether oxygens (including phenoxy) is 2. The predicted octanol–water partition coefficient (Wildman–Crippen LogP) is 2.62. The molecule has 0 amide bonds. The van der Waals surface area contributed by atoms with E-state index in [1.807, 2.05) is 0 Å². The Balaban J connectivity index is 1.93. The average Bonchev–Trinajstić information content (AvgIpc) is 2.45. The van der Waals surface area contributed by atoms with Gasteiger partial charge < -0.3 is 14.6 Å². The molecule has 1 aromatic carbocycles. The molecule has 1 aromatic rings. The summed E-state index contributed by atoms with van der Waals surface area (Å²) in [6, 6.07) is 4.60. The van der Waals surface area contributed by atoms with Gasteiger partial charge in [-0.25, -0.2) is 9.18 Å². The second-order valence-corrected chi connectivity index (χ2v) is 4.65. The lowest BCUT2D eigenvalue weighted by molar-refractivity contribution is -0.131. The normalized spacial score (nSPS) is 16.6. The van der Waals surface area contributed by atoms with Crippen LogP contribution in [0.25, 0.3) is 6.08 Å². The van der Waals surface area contributed by atoms with Crippen LogP contribution in [0.4, 0.5) is 4.39 Å². The summed E-state index contributed by atoms with van der Waals surface area (Å²) in [4.78, 5) is 10.4. The Labute approximate surface area is 116 Å². The number of rotatable bonds is 5. The van der Waals surface area contributed by atoms with E-state index >= 15 is 0 Å². The van der Waals surface area contributed by atoms with E-state index in [0.717, 1.165) is 18.9 Å². The predicted molar refractivity (Wildman–Crippen MR) is 71.7 cm³/mol. The van der Waals surface area contributed by atoms with Gasteiger partial charge in [-0.1, -0.05) is 12.1 Å². The van der Waals surface area contributed by atoms with Gasteiger partial charge >= 0.3 is 5.97 Å². The van der Waals surface area contributed by atoms with Crippen molar-refractivity contribution >= 4 is 12.0 Å². The second kappa shape index (κ2) is 7.17. The van der Waals surface area contributed by atoms with Gasteiger partial charge in [-0.2, -0.15) is 0 Å². The molecule has 0 unspecified atom stereocenters. The van der Waals surface area contributed by atoms with Gasteiger partial charge in [0.15, 0.2) is 0 Å². The van der Waals surface area contributed by atoms with Crippen LogP contribution in [0.2, 0.25) is 0 Å². The largest absolute Gasteiger partial charge is 0.478 e. The number of halogens is 1. The molecule has 1 N–H and O–H groups in total. The number of hydrogen-bond acceptors (Lipinski definition) is 3. The Hall–Kier alpha value is -1.72. The average molecular weight is 280 g/mol. The third kappa shape index (κ3) is 4.43. The molecule has 0 aromatic heterocycles. The molecule has 0 bridgehead atoms. The zero-order chi connectivity index (χ0) is 14.4. The van der Waals surface area contributed by atoms with Crippen LogP contribution in [0, 0.1) is 5.82 Å². The first-order valence-corrected chi connectivity index (χ1v) is 6.54. The molecule has 4 nitrogen and oxygen atoms in total. The van der Waals surface area contributed by atoms with Crippen LogP contribution < -0.4 is 0 Å². The molecule has 0 atom stereocenters. The zero-order valence-corrected chi connectivity index (χ0v) is 11.0. The lowest BCUT2D eigenvalue weighted by Crippen LogP contribution is -2.23. The van der Waals surface area contributed by atoms with Gasteiger partial charge in [0.25, 0.3) is 0 Å². The first kappa shape index (κ1) is 14.7. The zero-order valence-electron chi connectivity index (χ0n) is 11.0. The van der Waals surface area contributed by atoms with Crippen molar-refractivity contribution in [1.82, 2.24) is 0 Å². The summed E-state index contributed by atoms with van der Waals surface area (Å²) < 4.78 is 24.7. The van der Waals surface area contributed by atoms with E-state index in [0.29, 0.717) is 24.3 Å². The first-order valence-electron chi connectivity index (χ1n) is 6.54. The number of carbonyl (C=O) groups is 1. The molecule has 1 aliphatic heterocycles. The van der Waals surface area contributed by atoms with Crippen molar-refractivity contribution in [2.45, 2.75) is 25.6 Å². The maximum atomic E-state index is 13.8. The van der Waals surface area contributed by atoms with Crippen LogP contribution >= 0.6 is 0 Å². The van der Waals surface area contributed by atoms with E-state index < -0.39 is 5.97 Å². The Kier molecular flexibility index (Phi) is 5.26. The maximum Gasteiger partial charge on any atom is 0.328 e. The summed E-state index contributed by atoms with van der Waals surface area (Å²) in [5.41, 5.74) is 0.990.